The van der Waals surface area contributed by atoms with Crippen molar-refractivity contribution in [1.82, 2.24) is 10.2 Å². The van der Waals surface area contributed by atoms with Crippen LogP contribution in [0.4, 0.5) is 0 Å². The normalized spacial score (nSPS) is 20.7. The molecule has 3 atom stereocenters. The van der Waals surface area contributed by atoms with Crippen LogP contribution in [-0.4, -0.2) is 33.9 Å². The number of carbonyl (C=O) groups excluding carboxylic acids is 2. The maximum Gasteiger partial charge on any atom is 0.291 e. The lowest BCUT2D eigenvalue weighted by Gasteiger charge is -2.29. The number of hydrogen-bond donors (Lipinski definition) is 1. The molecule has 2 amide bonds. The molecule has 1 aliphatic rings. The van der Waals surface area contributed by atoms with Crippen LogP contribution in [0.25, 0.3) is 0 Å². The Labute approximate surface area is 164 Å². The topological polar surface area (TPSA) is 62.6 Å². The van der Waals surface area contributed by atoms with E-state index in [9.17, 15) is 9.59 Å². The molecule has 1 fully saturated rings. The van der Waals surface area contributed by atoms with Crippen LogP contribution < -0.4 is 5.32 Å². The molecule has 0 bridgehead atoms. The van der Waals surface area contributed by atoms with E-state index in [4.69, 9.17) is 4.42 Å². The Bertz CT molecular complexity index is 761. The SMILES string of the molecule is CC(C)CC1SCC(C(=O)NC(C)c2ccccc2)N1C(=O)c1ccco1. The highest BCUT2D eigenvalue weighted by atomic mass is 32.2. The standard InChI is InChI=1S/C21H26N2O3S/c1-14(2)12-19-23(21(25)18-10-7-11-26-18)17(13-27-19)20(24)22-15(3)16-8-5-4-6-9-16/h4-11,14-15,17,19H,12-13H2,1-3H3,(H,22,24). The van der Waals surface area contributed by atoms with Crippen LogP contribution in [0.3, 0.4) is 0 Å². The van der Waals surface area contributed by atoms with Crippen molar-refractivity contribution in [3.63, 3.8) is 0 Å². The highest BCUT2D eigenvalue weighted by Gasteiger charge is 2.42. The fraction of sp³-hybridized carbons (Fsp3) is 0.429. The lowest BCUT2D eigenvalue weighted by atomic mass is 10.1. The minimum absolute atomic E-state index is 0.0228. The molecule has 1 saturated heterocycles. The fourth-order valence-corrected chi connectivity index (χ4v) is 4.93. The smallest absolute Gasteiger partial charge is 0.291 e. The van der Waals surface area contributed by atoms with Crippen LogP contribution in [0.5, 0.6) is 0 Å². The molecule has 2 heterocycles. The number of benzene rings is 1. The van der Waals surface area contributed by atoms with E-state index in [1.807, 2.05) is 37.3 Å². The van der Waals surface area contributed by atoms with Gasteiger partial charge in [-0.3, -0.25) is 9.59 Å². The highest BCUT2D eigenvalue weighted by molar-refractivity contribution is 8.00. The Morgan fingerprint density at radius 1 is 1.19 bits per heavy atom. The zero-order valence-corrected chi connectivity index (χ0v) is 16.7. The molecule has 27 heavy (non-hydrogen) atoms. The van der Waals surface area contributed by atoms with Crippen LogP contribution in [0.15, 0.2) is 53.1 Å². The summed E-state index contributed by atoms with van der Waals surface area (Å²) < 4.78 is 5.31. The molecule has 0 saturated carbocycles. The maximum absolute atomic E-state index is 13.0. The van der Waals surface area contributed by atoms with Gasteiger partial charge >= 0.3 is 0 Å². The Hall–Kier alpha value is -2.21. The van der Waals surface area contributed by atoms with E-state index < -0.39 is 6.04 Å². The first-order valence-corrected chi connectivity index (χ1v) is 10.4. The van der Waals surface area contributed by atoms with Gasteiger partial charge in [-0.15, -0.1) is 11.8 Å². The lowest BCUT2D eigenvalue weighted by Crippen LogP contribution is -2.50. The van der Waals surface area contributed by atoms with Crippen LogP contribution >= 0.6 is 11.8 Å². The van der Waals surface area contributed by atoms with Crippen LogP contribution in [0.2, 0.25) is 0 Å². The monoisotopic (exact) mass is 386 g/mol. The average Bonchev–Trinajstić information content (AvgIpc) is 3.31. The van der Waals surface area contributed by atoms with E-state index in [-0.39, 0.29) is 29.0 Å². The van der Waals surface area contributed by atoms with E-state index in [0.717, 1.165) is 12.0 Å². The molecule has 5 nitrogen and oxygen atoms in total. The minimum atomic E-state index is -0.498. The predicted octanol–water partition coefficient (Wildman–Crippen LogP) is 4.09. The van der Waals surface area contributed by atoms with Gasteiger partial charge < -0.3 is 14.6 Å². The van der Waals surface area contributed by atoms with Gasteiger partial charge in [0.05, 0.1) is 17.7 Å². The first kappa shape index (κ1) is 19.5. The number of nitrogens with zero attached hydrogens (tertiary/aromatic N) is 1. The van der Waals surface area contributed by atoms with Gasteiger partial charge in [0.2, 0.25) is 5.91 Å². The number of furan rings is 1. The summed E-state index contributed by atoms with van der Waals surface area (Å²) in [5.74, 6) is 0.963. The van der Waals surface area contributed by atoms with Crippen molar-refractivity contribution in [2.45, 2.75) is 44.6 Å². The van der Waals surface area contributed by atoms with E-state index in [1.54, 1.807) is 28.8 Å². The molecule has 1 N–H and O–H groups in total. The number of carbonyl (C=O) groups is 2. The van der Waals surface area contributed by atoms with Gasteiger partial charge in [0.25, 0.3) is 5.91 Å². The van der Waals surface area contributed by atoms with Gasteiger partial charge in [-0.1, -0.05) is 44.2 Å². The maximum atomic E-state index is 13.0. The molecule has 1 aromatic heterocycles. The highest BCUT2D eigenvalue weighted by Crippen LogP contribution is 2.35. The minimum Gasteiger partial charge on any atom is -0.459 e. The summed E-state index contributed by atoms with van der Waals surface area (Å²) in [6.45, 7) is 6.21. The van der Waals surface area contributed by atoms with Crippen molar-refractivity contribution < 1.29 is 14.0 Å². The van der Waals surface area contributed by atoms with Gasteiger partial charge in [0.15, 0.2) is 5.76 Å². The van der Waals surface area contributed by atoms with Crippen LogP contribution in [0, 0.1) is 5.92 Å². The molecule has 144 valence electrons. The quantitative estimate of drug-likeness (QED) is 0.812. The second kappa shape index (κ2) is 8.65. The zero-order valence-electron chi connectivity index (χ0n) is 15.9. The van der Waals surface area contributed by atoms with E-state index in [1.165, 1.54) is 6.26 Å². The summed E-state index contributed by atoms with van der Waals surface area (Å²) in [7, 11) is 0. The van der Waals surface area contributed by atoms with Gasteiger partial charge in [-0.25, -0.2) is 0 Å². The third kappa shape index (κ3) is 4.56. The summed E-state index contributed by atoms with van der Waals surface area (Å²) in [4.78, 5) is 27.7. The van der Waals surface area contributed by atoms with Crippen molar-refractivity contribution in [1.29, 1.82) is 0 Å². The Balaban J connectivity index is 1.77. The van der Waals surface area contributed by atoms with E-state index in [0.29, 0.717) is 11.7 Å². The summed E-state index contributed by atoms with van der Waals surface area (Å²) in [6.07, 6.45) is 2.33. The van der Waals surface area contributed by atoms with Crippen molar-refractivity contribution in [2.24, 2.45) is 5.92 Å². The van der Waals surface area contributed by atoms with Crippen molar-refractivity contribution >= 4 is 23.6 Å². The van der Waals surface area contributed by atoms with Crippen molar-refractivity contribution in [2.75, 3.05) is 5.75 Å². The molecular weight excluding hydrogens is 360 g/mol. The molecule has 1 aromatic carbocycles. The first-order valence-electron chi connectivity index (χ1n) is 9.30. The van der Waals surface area contributed by atoms with Gasteiger partial charge in [0, 0.05) is 5.75 Å². The number of amides is 2. The van der Waals surface area contributed by atoms with Gasteiger partial charge in [-0.05, 0) is 37.0 Å². The Kier molecular flexibility index (Phi) is 6.26. The zero-order chi connectivity index (χ0) is 19.4. The molecule has 0 radical (unpaired) electrons. The Morgan fingerprint density at radius 2 is 1.93 bits per heavy atom. The van der Waals surface area contributed by atoms with E-state index >= 15 is 0 Å². The third-order valence-corrected chi connectivity index (χ3v) is 6.01. The largest absolute Gasteiger partial charge is 0.459 e. The lowest BCUT2D eigenvalue weighted by molar-refractivity contribution is -0.125. The molecule has 0 spiro atoms. The van der Waals surface area contributed by atoms with Gasteiger partial charge in [0.1, 0.15) is 6.04 Å². The molecule has 3 unspecified atom stereocenters. The summed E-state index contributed by atoms with van der Waals surface area (Å²) in [5.41, 5.74) is 1.04. The second-order valence-electron chi connectivity index (χ2n) is 7.26. The van der Waals surface area contributed by atoms with Gasteiger partial charge in [-0.2, -0.15) is 0 Å². The number of nitrogens with one attached hydrogen (secondary N) is 1. The second-order valence-corrected chi connectivity index (χ2v) is 8.47. The van der Waals surface area contributed by atoms with Crippen LogP contribution in [0.1, 0.15) is 49.4 Å². The summed E-state index contributed by atoms with van der Waals surface area (Å²) >= 11 is 1.67. The van der Waals surface area contributed by atoms with Crippen molar-refractivity contribution in [3.05, 3.63) is 60.1 Å². The first-order chi connectivity index (χ1) is 13.0. The number of hydrogen-bond acceptors (Lipinski definition) is 4. The Morgan fingerprint density at radius 3 is 2.56 bits per heavy atom. The molecular formula is C21H26N2O3S. The molecule has 1 aliphatic heterocycles. The molecule has 6 heteroatoms. The van der Waals surface area contributed by atoms with E-state index in [2.05, 4.69) is 19.2 Å². The number of rotatable bonds is 6. The third-order valence-electron chi connectivity index (χ3n) is 4.69. The molecule has 2 aromatic rings. The number of thioether (sulfide) groups is 1. The predicted molar refractivity (Wildman–Crippen MR) is 107 cm³/mol. The summed E-state index contributed by atoms with van der Waals surface area (Å²) in [5, 5.41) is 3.04. The van der Waals surface area contributed by atoms with Crippen LogP contribution in [-0.2, 0) is 4.79 Å². The molecule has 3 rings (SSSR count). The van der Waals surface area contributed by atoms with Crippen molar-refractivity contribution in [3.8, 4) is 0 Å². The summed E-state index contributed by atoms with van der Waals surface area (Å²) in [6, 6.07) is 12.6. The average molecular weight is 387 g/mol. The molecule has 0 aliphatic carbocycles. The fourth-order valence-electron chi connectivity index (χ4n) is 3.28.